The lowest BCUT2D eigenvalue weighted by Crippen LogP contribution is -2.17. The first-order valence-corrected chi connectivity index (χ1v) is 5.97. The number of nitrogens with zero attached hydrogens (tertiary/aromatic N) is 1. The van der Waals surface area contributed by atoms with Crippen molar-refractivity contribution in [2.75, 3.05) is 7.11 Å². The molecule has 0 radical (unpaired) electrons. The molecule has 2 aromatic carbocycles. The van der Waals surface area contributed by atoms with E-state index in [-0.39, 0.29) is 11.7 Å². The fraction of sp³-hybridized carbons (Fsp3) is 0.0667. The summed E-state index contributed by atoms with van der Waals surface area (Å²) in [4.78, 5) is 11.7. The highest BCUT2D eigenvalue weighted by Gasteiger charge is 2.05. The van der Waals surface area contributed by atoms with Gasteiger partial charge in [0.15, 0.2) is 11.5 Å². The van der Waals surface area contributed by atoms with Crippen molar-refractivity contribution in [1.82, 2.24) is 5.43 Å². The van der Waals surface area contributed by atoms with E-state index in [9.17, 15) is 9.90 Å². The Morgan fingerprint density at radius 3 is 2.65 bits per heavy atom. The van der Waals surface area contributed by atoms with E-state index in [1.54, 1.807) is 42.5 Å². The van der Waals surface area contributed by atoms with Crippen molar-refractivity contribution in [1.29, 1.82) is 0 Å². The maximum absolute atomic E-state index is 11.7. The average molecular weight is 270 g/mol. The number of carbonyl (C=O) groups is 1. The Balaban J connectivity index is 2.06. The summed E-state index contributed by atoms with van der Waals surface area (Å²) >= 11 is 0. The van der Waals surface area contributed by atoms with E-state index in [0.29, 0.717) is 16.9 Å². The molecule has 0 heterocycles. The van der Waals surface area contributed by atoms with Gasteiger partial charge in [0.05, 0.1) is 13.3 Å². The van der Waals surface area contributed by atoms with Crippen molar-refractivity contribution in [3.63, 3.8) is 0 Å². The normalized spacial score (nSPS) is 10.4. The van der Waals surface area contributed by atoms with Gasteiger partial charge in [-0.05, 0) is 24.3 Å². The van der Waals surface area contributed by atoms with Gasteiger partial charge in [-0.3, -0.25) is 4.79 Å². The number of carbonyl (C=O) groups excluding carboxylic acids is 1. The van der Waals surface area contributed by atoms with E-state index in [0.717, 1.165) is 0 Å². The lowest BCUT2D eigenvalue weighted by Gasteiger charge is -2.05. The smallest absolute Gasteiger partial charge is 0.271 e. The van der Waals surface area contributed by atoms with Gasteiger partial charge >= 0.3 is 0 Å². The summed E-state index contributed by atoms with van der Waals surface area (Å²) in [5.74, 6) is 0.0141. The number of phenolic OH excluding ortho intramolecular Hbond substituents is 1. The molecular formula is C15H14N2O3. The van der Waals surface area contributed by atoms with E-state index >= 15 is 0 Å². The maximum atomic E-state index is 11.7. The summed E-state index contributed by atoms with van der Waals surface area (Å²) < 4.78 is 4.98. The number of hydrogen-bond donors (Lipinski definition) is 2. The van der Waals surface area contributed by atoms with Crippen molar-refractivity contribution in [2.45, 2.75) is 0 Å². The summed E-state index contributed by atoms with van der Waals surface area (Å²) in [7, 11) is 1.47. The van der Waals surface area contributed by atoms with Crippen LogP contribution in [0.4, 0.5) is 0 Å². The summed E-state index contributed by atoms with van der Waals surface area (Å²) in [6.45, 7) is 0. The number of phenols is 1. The third-order valence-electron chi connectivity index (χ3n) is 2.66. The molecule has 0 saturated carbocycles. The number of ether oxygens (including phenoxy) is 1. The summed E-state index contributed by atoms with van der Waals surface area (Å²) in [6.07, 6.45) is 1.36. The van der Waals surface area contributed by atoms with Crippen LogP contribution in [0.3, 0.4) is 0 Å². The van der Waals surface area contributed by atoms with Gasteiger partial charge in [-0.1, -0.05) is 24.3 Å². The Bertz CT molecular complexity index is 624. The van der Waals surface area contributed by atoms with E-state index < -0.39 is 0 Å². The molecule has 20 heavy (non-hydrogen) atoms. The molecule has 0 spiro atoms. The zero-order valence-electron chi connectivity index (χ0n) is 10.9. The van der Waals surface area contributed by atoms with Crippen LogP contribution in [0.15, 0.2) is 53.6 Å². The summed E-state index contributed by atoms with van der Waals surface area (Å²) in [5, 5.41) is 13.7. The van der Waals surface area contributed by atoms with Gasteiger partial charge in [-0.25, -0.2) is 5.43 Å². The number of amides is 1. The quantitative estimate of drug-likeness (QED) is 0.660. The van der Waals surface area contributed by atoms with Crippen LogP contribution in [0.1, 0.15) is 15.9 Å². The van der Waals surface area contributed by atoms with Crippen molar-refractivity contribution >= 4 is 12.1 Å². The second-order valence-corrected chi connectivity index (χ2v) is 3.96. The van der Waals surface area contributed by atoms with Crippen LogP contribution in [0.5, 0.6) is 11.5 Å². The first kappa shape index (κ1) is 13.6. The van der Waals surface area contributed by atoms with Gasteiger partial charge in [0.2, 0.25) is 0 Å². The van der Waals surface area contributed by atoms with Crippen LogP contribution in [-0.2, 0) is 0 Å². The predicted molar refractivity (Wildman–Crippen MR) is 76.2 cm³/mol. The van der Waals surface area contributed by atoms with Gasteiger partial charge in [0.1, 0.15) is 0 Å². The van der Waals surface area contributed by atoms with Crippen molar-refractivity contribution in [2.24, 2.45) is 5.10 Å². The van der Waals surface area contributed by atoms with Gasteiger partial charge in [0.25, 0.3) is 5.91 Å². The molecule has 2 N–H and O–H groups in total. The van der Waals surface area contributed by atoms with Gasteiger partial charge in [-0.15, -0.1) is 0 Å². The Hall–Kier alpha value is -2.82. The first-order valence-electron chi connectivity index (χ1n) is 5.97. The molecule has 5 heteroatoms. The standard InChI is InChI=1S/C15H14N2O3/c1-20-13-9-5-8-12(14(13)18)10-16-17-15(19)11-6-3-2-4-7-11/h2-10,18H,1H3,(H,17,19)/b16-10-. The molecular weight excluding hydrogens is 256 g/mol. The van der Waals surface area contributed by atoms with Crippen LogP contribution in [-0.4, -0.2) is 24.3 Å². The van der Waals surface area contributed by atoms with Crippen LogP contribution in [0.2, 0.25) is 0 Å². The molecule has 0 unspecified atom stereocenters. The molecule has 0 saturated heterocycles. The zero-order chi connectivity index (χ0) is 14.4. The summed E-state index contributed by atoms with van der Waals surface area (Å²) in [6, 6.07) is 13.8. The zero-order valence-corrected chi connectivity index (χ0v) is 10.9. The molecule has 0 aliphatic rings. The fourth-order valence-electron chi connectivity index (χ4n) is 1.62. The molecule has 2 aromatic rings. The molecule has 102 valence electrons. The number of aromatic hydroxyl groups is 1. The molecule has 2 rings (SSSR count). The fourth-order valence-corrected chi connectivity index (χ4v) is 1.62. The Labute approximate surface area is 116 Å². The largest absolute Gasteiger partial charge is 0.504 e. The van der Waals surface area contributed by atoms with E-state index in [4.69, 9.17) is 4.74 Å². The minimum Gasteiger partial charge on any atom is -0.504 e. The minimum absolute atomic E-state index is 0.0206. The van der Waals surface area contributed by atoms with Crippen molar-refractivity contribution in [3.05, 3.63) is 59.7 Å². The molecule has 0 aliphatic carbocycles. The number of hydrogen-bond acceptors (Lipinski definition) is 4. The highest BCUT2D eigenvalue weighted by Crippen LogP contribution is 2.27. The second kappa shape index (κ2) is 6.38. The average Bonchev–Trinajstić information content (AvgIpc) is 2.49. The SMILES string of the molecule is COc1cccc(/C=N\NC(=O)c2ccccc2)c1O. The first-order chi connectivity index (χ1) is 9.72. The molecule has 5 nitrogen and oxygen atoms in total. The molecule has 0 atom stereocenters. The number of benzene rings is 2. The Kier molecular flexibility index (Phi) is 4.34. The number of para-hydroxylation sites is 1. The number of nitrogens with one attached hydrogen (secondary N) is 1. The Morgan fingerprint density at radius 2 is 1.95 bits per heavy atom. The molecule has 0 aromatic heterocycles. The second-order valence-electron chi connectivity index (χ2n) is 3.96. The van der Waals surface area contributed by atoms with Crippen molar-refractivity contribution < 1.29 is 14.6 Å². The van der Waals surface area contributed by atoms with Gasteiger partial charge in [0, 0.05) is 11.1 Å². The molecule has 0 fully saturated rings. The maximum Gasteiger partial charge on any atom is 0.271 e. The highest BCUT2D eigenvalue weighted by molar-refractivity contribution is 5.95. The number of rotatable bonds is 4. The number of methoxy groups -OCH3 is 1. The minimum atomic E-state index is -0.316. The Morgan fingerprint density at radius 1 is 1.20 bits per heavy atom. The van der Waals surface area contributed by atoms with Gasteiger partial charge < -0.3 is 9.84 Å². The predicted octanol–water partition coefficient (Wildman–Crippen LogP) is 2.16. The molecule has 1 amide bonds. The highest BCUT2D eigenvalue weighted by atomic mass is 16.5. The van der Waals surface area contributed by atoms with Gasteiger partial charge in [-0.2, -0.15) is 5.10 Å². The van der Waals surface area contributed by atoms with Crippen LogP contribution in [0, 0.1) is 0 Å². The monoisotopic (exact) mass is 270 g/mol. The lowest BCUT2D eigenvalue weighted by molar-refractivity contribution is 0.0955. The van der Waals surface area contributed by atoms with E-state index in [2.05, 4.69) is 10.5 Å². The van der Waals surface area contributed by atoms with Crippen LogP contribution >= 0.6 is 0 Å². The summed E-state index contributed by atoms with van der Waals surface area (Å²) in [5.41, 5.74) is 3.36. The third kappa shape index (κ3) is 3.14. The number of hydrazone groups is 1. The van der Waals surface area contributed by atoms with Crippen LogP contribution < -0.4 is 10.2 Å². The molecule has 0 bridgehead atoms. The lowest BCUT2D eigenvalue weighted by atomic mass is 10.2. The van der Waals surface area contributed by atoms with Crippen LogP contribution in [0.25, 0.3) is 0 Å². The molecule has 0 aliphatic heterocycles. The van der Waals surface area contributed by atoms with E-state index in [1.807, 2.05) is 6.07 Å². The van der Waals surface area contributed by atoms with E-state index in [1.165, 1.54) is 13.3 Å². The topological polar surface area (TPSA) is 70.9 Å². The third-order valence-corrected chi connectivity index (χ3v) is 2.66. The van der Waals surface area contributed by atoms with Crippen molar-refractivity contribution in [3.8, 4) is 11.5 Å².